The van der Waals surface area contributed by atoms with E-state index in [0.717, 1.165) is 4.47 Å². The molecule has 0 aliphatic rings. The predicted molar refractivity (Wildman–Crippen MR) is 87.5 cm³/mol. The lowest BCUT2D eigenvalue weighted by atomic mass is 10.2. The van der Waals surface area contributed by atoms with Crippen molar-refractivity contribution in [1.29, 1.82) is 0 Å². The van der Waals surface area contributed by atoms with Gasteiger partial charge in [-0.15, -0.1) is 0 Å². The van der Waals surface area contributed by atoms with Crippen LogP contribution in [0.3, 0.4) is 0 Å². The zero-order valence-corrected chi connectivity index (χ0v) is 14.0. The third-order valence-corrected chi connectivity index (χ3v) is 3.99. The van der Waals surface area contributed by atoms with Gasteiger partial charge in [0.1, 0.15) is 11.5 Å². The molecule has 5 nitrogen and oxygen atoms in total. The van der Waals surface area contributed by atoms with Crippen LogP contribution in [0.25, 0.3) is 5.78 Å². The van der Waals surface area contributed by atoms with Gasteiger partial charge in [0.15, 0.2) is 0 Å². The third-order valence-electron chi connectivity index (χ3n) is 3.49. The Balaban J connectivity index is 1.87. The van der Waals surface area contributed by atoms with E-state index in [-0.39, 0.29) is 18.3 Å². The van der Waals surface area contributed by atoms with Crippen LogP contribution in [0.4, 0.5) is 4.39 Å². The minimum atomic E-state index is -0.337. The molecule has 118 valence electrons. The molecule has 23 heavy (non-hydrogen) atoms. The van der Waals surface area contributed by atoms with Crippen LogP contribution in [-0.4, -0.2) is 31.7 Å². The molecule has 3 aromatic rings. The number of rotatable bonds is 4. The Labute approximate surface area is 140 Å². The summed E-state index contributed by atoms with van der Waals surface area (Å²) in [6.45, 7) is 2.48. The average Bonchev–Trinajstić information content (AvgIpc) is 2.99. The number of hydrogen-bond donors (Lipinski definition) is 0. The zero-order chi connectivity index (χ0) is 16.4. The van der Waals surface area contributed by atoms with E-state index in [1.165, 1.54) is 6.07 Å². The topological polar surface area (TPSA) is 50.5 Å². The van der Waals surface area contributed by atoms with Crippen molar-refractivity contribution in [3.8, 4) is 0 Å². The highest BCUT2D eigenvalue weighted by Crippen LogP contribution is 2.18. The Morgan fingerprint density at radius 2 is 2.26 bits per heavy atom. The van der Waals surface area contributed by atoms with E-state index in [1.54, 1.807) is 46.1 Å². The van der Waals surface area contributed by atoms with Gasteiger partial charge in [-0.25, -0.2) is 14.4 Å². The number of benzene rings is 1. The van der Waals surface area contributed by atoms with Crippen molar-refractivity contribution < 1.29 is 9.18 Å². The van der Waals surface area contributed by atoms with E-state index in [2.05, 4.69) is 25.9 Å². The summed E-state index contributed by atoms with van der Waals surface area (Å²) < 4.78 is 16.4. The van der Waals surface area contributed by atoms with Crippen molar-refractivity contribution in [1.82, 2.24) is 19.3 Å². The maximum Gasteiger partial charge on any atom is 0.274 e. The van der Waals surface area contributed by atoms with Crippen molar-refractivity contribution in [2.45, 2.75) is 13.5 Å². The highest BCUT2D eigenvalue weighted by atomic mass is 79.9. The average molecular weight is 377 g/mol. The molecule has 3 rings (SSSR count). The first kappa shape index (κ1) is 15.6. The number of halogens is 2. The van der Waals surface area contributed by atoms with Crippen LogP contribution in [-0.2, 0) is 6.54 Å². The fourth-order valence-corrected chi connectivity index (χ4v) is 2.70. The fourth-order valence-electron chi connectivity index (χ4n) is 2.29. The molecule has 2 heterocycles. The Morgan fingerprint density at radius 3 is 3.00 bits per heavy atom. The van der Waals surface area contributed by atoms with Crippen LogP contribution < -0.4 is 0 Å². The second-order valence-corrected chi connectivity index (χ2v) is 5.92. The van der Waals surface area contributed by atoms with Crippen molar-refractivity contribution in [2.24, 2.45) is 0 Å². The summed E-state index contributed by atoms with van der Waals surface area (Å²) in [4.78, 5) is 22.5. The molecule has 1 amide bonds. The quantitative estimate of drug-likeness (QED) is 0.701. The number of aromatic nitrogens is 3. The number of amides is 1. The summed E-state index contributed by atoms with van der Waals surface area (Å²) in [5.74, 6) is -0.131. The second-order valence-electron chi connectivity index (χ2n) is 5.01. The first-order chi connectivity index (χ1) is 11.1. The number of hydrogen-bond acceptors (Lipinski definition) is 3. The highest BCUT2D eigenvalue weighted by molar-refractivity contribution is 9.10. The molecule has 7 heteroatoms. The van der Waals surface area contributed by atoms with Crippen LogP contribution in [0, 0.1) is 5.82 Å². The Bertz CT molecular complexity index is 831. The van der Waals surface area contributed by atoms with Crippen LogP contribution in [0.1, 0.15) is 23.0 Å². The minimum Gasteiger partial charge on any atom is -0.333 e. The van der Waals surface area contributed by atoms with Gasteiger partial charge in [0.2, 0.25) is 5.78 Å². The van der Waals surface area contributed by atoms with Crippen LogP contribution >= 0.6 is 15.9 Å². The fraction of sp³-hybridized carbons (Fsp3) is 0.188. The lowest BCUT2D eigenvalue weighted by molar-refractivity contribution is 0.0746. The molecule has 0 unspecified atom stereocenters. The summed E-state index contributed by atoms with van der Waals surface area (Å²) >= 11 is 3.32. The van der Waals surface area contributed by atoms with Gasteiger partial charge in [-0.3, -0.25) is 9.20 Å². The molecular weight excluding hydrogens is 363 g/mol. The van der Waals surface area contributed by atoms with Gasteiger partial charge < -0.3 is 4.90 Å². The normalized spacial score (nSPS) is 10.9. The summed E-state index contributed by atoms with van der Waals surface area (Å²) in [5.41, 5.74) is 0.748. The largest absolute Gasteiger partial charge is 0.333 e. The van der Waals surface area contributed by atoms with Crippen LogP contribution in [0.2, 0.25) is 0 Å². The monoisotopic (exact) mass is 376 g/mol. The number of carbonyl (C=O) groups is 1. The van der Waals surface area contributed by atoms with Crippen molar-refractivity contribution >= 4 is 27.6 Å². The maximum absolute atomic E-state index is 13.9. The highest BCUT2D eigenvalue weighted by Gasteiger charge is 2.19. The van der Waals surface area contributed by atoms with Gasteiger partial charge >= 0.3 is 0 Å². The van der Waals surface area contributed by atoms with Crippen LogP contribution in [0.15, 0.2) is 47.3 Å². The molecule has 0 bridgehead atoms. The lowest BCUT2D eigenvalue weighted by Crippen LogP contribution is -2.31. The Kier molecular flexibility index (Phi) is 4.38. The third kappa shape index (κ3) is 3.24. The number of fused-ring (bicyclic) bond motifs is 1. The molecule has 0 fully saturated rings. The second kappa shape index (κ2) is 6.45. The number of imidazole rings is 1. The molecule has 0 N–H and O–H groups in total. The summed E-state index contributed by atoms with van der Waals surface area (Å²) in [6.07, 6.45) is 5.02. The van der Waals surface area contributed by atoms with Gasteiger partial charge in [-0.05, 0) is 31.2 Å². The number of nitrogens with zero attached hydrogens (tertiary/aromatic N) is 4. The molecule has 0 spiro atoms. The molecule has 0 atom stereocenters. The molecular formula is C16H14BrFN4O. The van der Waals surface area contributed by atoms with Gasteiger partial charge in [-0.1, -0.05) is 15.9 Å². The van der Waals surface area contributed by atoms with Gasteiger partial charge in [-0.2, -0.15) is 0 Å². The van der Waals surface area contributed by atoms with E-state index < -0.39 is 0 Å². The maximum atomic E-state index is 13.9. The van der Waals surface area contributed by atoms with E-state index in [1.807, 2.05) is 6.92 Å². The van der Waals surface area contributed by atoms with E-state index >= 15 is 0 Å². The molecule has 0 aliphatic carbocycles. The number of carbonyl (C=O) groups excluding carboxylic acids is 1. The summed E-state index contributed by atoms with van der Waals surface area (Å²) in [7, 11) is 0. The molecule has 0 radical (unpaired) electrons. The molecule has 0 saturated carbocycles. The molecule has 0 aliphatic heterocycles. The summed E-state index contributed by atoms with van der Waals surface area (Å²) in [6, 6.07) is 6.45. The van der Waals surface area contributed by atoms with Gasteiger partial charge in [0.05, 0.1) is 0 Å². The van der Waals surface area contributed by atoms with Gasteiger partial charge in [0.25, 0.3) is 5.91 Å². The van der Waals surface area contributed by atoms with Crippen molar-refractivity contribution in [3.05, 3.63) is 64.4 Å². The van der Waals surface area contributed by atoms with Crippen molar-refractivity contribution in [2.75, 3.05) is 6.54 Å². The standard InChI is InChI=1S/C16H14BrFN4O/c1-2-21(9-11-8-12(17)4-5-13(11)18)15(23)14-10-22-7-3-6-19-16(22)20-14/h3-8,10H,2,9H2,1H3. The molecule has 2 aromatic heterocycles. The first-order valence-electron chi connectivity index (χ1n) is 7.11. The van der Waals surface area contributed by atoms with E-state index in [9.17, 15) is 9.18 Å². The Morgan fingerprint density at radius 1 is 1.43 bits per heavy atom. The minimum absolute atomic E-state index is 0.182. The van der Waals surface area contributed by atoms with Crippen molar-refractivity contribution in [3.63, 3.8) is 0 Å². The van der Waals surface area contributed by atoms with Crippen LogP contribution in [0.5, 0.6) is 0 Å². The zero-order valence-electron chi connectivity index (χ0n) is 12.4. The smallest absolute Gasteiger partial charge is 0.274 e. The van der Waals surface area contributed by atoms with E-state index in [4.69, 9.17) is 0 Å². The summed E-state index contributed by atoms with van der Waals surface area (Å²) in [5, 5.41) is 0. The van der Waals surface area contributed by atoms with E-state index in [0.29, 0.717) is 23.6 Å². The molecule has 0 saturated heterocycles. The SMILES string of the molecule is CCN(Cc1cc(Br)ccc1F)C(=O)c1cn2cccnc2n1. The first-order valence-corrected chi connectivity index (χ1v) is 7.90. The van der Waals surface area contributed by atoms with Gasteiger partial charge in [0, 0.05) is 41.7 Å². The Hall–Kier alpha value is -2.28. The lowest BCUT2D eigenvalue weighted by Gasteiger charge is -2.20. The molecule has 1 aromatic carbocycles. The predicted octanol–water partition coefficient (Wildman–Crippen LogP) is 3.29.